The fourth-order valence-corrected chi connectivity index (χ4v) is 1.15. The number of hydrogen-bond donors (Lipinski definition) is 0. The third kappa shape index (κ3) is 3.80. The zero-order valence-corrected chi connectivity index (χ0v) is 10.1. The highest BCUT2D eigenvalue weighted by Crippen LogP contribution is 2.29. The predicted octanol–water partition coefficient (Wildman–Crippen LogP) is 3.37. The number of ether oxygens (including phenoxy) is 2. The zero-order chi connectivity index (χ0) is 13.8. The van der Waals surface area contributed by atoms with Crippen LogP contribution in [0, 0.1) is 0 Å². The van der Waals surface area contributed by atoms with Gasteiger partial charge < -0.3 is 9.47 Å². The van der Waals surface area contributed by atoms with Gasteiger partial charge in [-0.2, -0.15) is 8.78 Å². The summed E-state index contributed by atoms with van der Waals surface area (Å²) >= 11 is 4.64. The smallest absolute Gasteiger partial charge is 0.444 e. The van der Waals surface area contributed by atoms with E-state index in [4.69, 9.17) is 0 Å². The maximum atomic E-state index is 12.9. The van der Waals surface area contributed by atoms with Gasteiger partial charge in [0.05, 0.1) is 12.2 Å². The summed E-state index contributed by atoms with van der Waals surface area (Å²) in [5.74, 6) is -1.07. The van der Waals surface area contributed by atoms with Crippen LogP contribution in [0.15, 0.2) is 24.3 Å². The molecule has 7 heteroatoms. The van der Waals surface area contributed by atoms with E-state index in [-0.39, 0.29) is 17.9 Å². The van der Waals surface area contributed by atoms with Gasteiger partial charge in [0.2, 0.25) is 0 Å². The van der Waals surface area contributed by atoms with E-state index in [2.05, 4.69) is 21.1 Å². The Morgan fingerprint density at radius 2 is 2.17 bits per heavy atom. The molecule has 1 unspecified atom stereocenters. The highest BCUT2D eigenvalue weighted by Gasteiger charge is 2.42. The lowest BCUT2D eigenvalue weighted by atomic mass is 10.2. The molecule has 0 saturated carbocycles. The maximum absolute atomic E-state index is 12.9. The van der Waals surface area contributed by atoms with Gasteiger partial charge in [-0.15, -0.1) is 0 Å². The zero-order valence-electron chi connectivity index (χ0n) is 9.33. The molecule has 0 amide bonds. The number of alkyl halides is 4. The van der Waals surface area contributed by atoms with E-state index in [0.717, 1.165) is 12.1 Å². The Morgan fingerprint density at radius 1 is 1.50 bits per heavy atom. The fraction of sp³-hybridized carbons (Fsp3) is 0.364. The summed E-state index contributed by atoms with van der Waals surface area (Å²) < 4.78 is 46.8. The van der Waals surface area contributed by atoms with Crippen molar-refractivity contribution in [3.8, 4) is 5.75 Å². The average Bonchev–Trinajstić information content (AvgIpc) is 2.29. The highest BCUT2D eigenvalue weighted by molar-refractivity contribution is 6.20. The van der Waals surface area contributed by atoms with Gasteiger partial charge in [0.25, 0.3) is 5.63 Å². The van der Waals surface area contributed by atoms with Crippen molar-refractivity contribution in [1.29, 1.82) is 0 Å². The lowest BCUT2D eigenvalue weighted by Gasteiger charge is -2.17. The van der Waals surface area contributed by atoms with Crippen LogP contribution in [0.4, 0.5) is 13.2 Å². The minimum absolute atomic E-state index is 0.0233. The van der Waals surface area contributed by atoms with E-state index >= 15 is 0 Å². The third-order valence-electron chi connectivity index (χ3n) is 1.85. The van der Waals surface area contributed by atoms with Crippen molar-refractivity contribution in [2.75, 3.05) is 6.61 Å². The van der Waals surface area contributed by atoms with Gasteiger partial charge in [-0.05, 0) is 25.1 Å². The summed E-state index contributed by atoms with van der Waals surface area (Å²) in [5, 5.41) is 0. The van der Waals surface area contributed by atoms with Crippen molar-refractivity contribution in [1.82, 2.24) is 0 Å². The van der Waals surface area contributed by atoms with Crippen LogP contribution in [-0.4, -0.2) is 24.3 Å². The molecular formula is C11H10ClF3O3. The van der Waals surface area contributed by atoms with Crippen LogP contribution in [-0.2, 0) is 4.74 Å². The van der Waals surface area contributed by atoms with Crippen LogP contribution < -0.4 is 4.74 Å². The van der Waals surface area contributed by atoms with Crippen molar-refractivity contribution in [2.45, 2.75) is 18.7 Å². The van der Waals surface area contributed by atoms with Gasteiger partial charge in [-0.1, -0.05) is 17.7 Å². The highest BCUT2D eigenvalue weighted by atomic mass is 35.5. The lowest BCUT2D eigenvalue weighted by Crippen LogP contribution is -2.32. The molecule has 0 aliphatic carbocycles. The Bertz CT molecular complexity index is 424. The van der Waals surface area contributed by atoms with Crippen molar-refractivity contribution >= 4 is 17.6 Å². The minimum Gasteiger partial charge on any atom is -0.462 e. The molecule has 0 N–H and O–H groups in total. The Morgan fingerprint density at radius 3 is 2.72 bits per heavy atom. The number of benzene rings is 1. The third-order valence-corrected chi connectivity index (χ3v) is 2.11. The normalized spacial score (nSPS) is 12.9. The first kappa shape index (κ1) is 14.6. The Balaban J connectivity index is 2.86. The number of carbonyl (C=O) groups is 1. The number of carbonyl (C=O) groups excluding carboxylic acids is 1. The van der Waals surface area contributed by atoms with E-state index in [1.54, 1.807) is 6.92 Å². The number of esters is 1. The SMILES string of the molecule is CCOC(=O)c1cccc(OC(F)(F)C(F)Cl)c1. The number of hydrogen-bond acceptors (Lipinski definition) is 3. The van der Waals surface area contributed by atoms with Gasteiger partial charge in [-0.3, -0.25) is 0 Å². The molecule has 1 atom stereocenters. The first-order valence-electron chi connectivity index (χ1n) is 4.99. The molecule has 0 radical (unpaired) electrons. The van der Waals surface area contributed by atoms with Crippen LogP contribution in [0.3, 0.4) is 0 Å². The van der Waals surface area contributed by atoms with Crippen LogP contribution in [0.2, 0.25) is 0 Å². The van der Waals surface area contributed by atoms with Gasteiger partial charge in [-0.25, -0.2) is 9.18 Å². The van der Waals surface area contributed by atoms with E-state index < -0.39 is 17.7 Å². The molecular weight excluding hydrogens is 273 g/mol. The fourth-order valence-electron chi connectivity index (χ4n) is 1.10. The average molecular weight is 283 g/mol. The molecule has 100 valence electrons. The van der Waals surface area contributed by atoms with Gasteiger partial charge in [0.1, 0.15) is 5.75 Å². The molecule has 0 saturated heterocycles. The Labute approximate surface area is 106 Å². The molecule has 18 heavy (non-hydrogen) atoms. The molecule has 0 fully saturated rings. The molecule has 3 nitrogen and oxygen atoms in total. The molecule has 1 rings (SSSR count). The standard InChI is InChI=1S/C11H10ClF3O3/c1-2-17-9(16)7-4-3-5-8(6-7)18-11(14,15)10(12)13/h3-6,10H,2H2,1H3. The van der Waals surface area contributed by atoms with Crippen LogP contribution in [0.5, 0.6) is 5.75 Å². The molecule has 1 aromatic rings. The van der Waals surface area contributed by atoms with Gasteiger partial charge >= 0.3 is 12.1 Å². The summed E-state index contributed by atoms with van der Waals surface area (Å²) in [6.07, 6.45) is -4.17. The van der Waals surface area contributed by atoms with Crippen LogP contribution in [0.1, 0.15) is 17.3 Å². The number of rotatable bonds is 5. The molecule has 0 spiro atoms. The maximum Gasteiger partial charge on any atom is 0.444 e. The van der Waals surface area contributed by atoms with Gasteiger partial charge in [0, 0.05) is 0 Å². The topological polar surface area (TPSA) is 35.5 Å². The van der Waals surface area contributed by atoms with Crippen molar-refractivity contribution < 1.29 is 27.4 Å². The second-order valence-corrected chi connectivity index (χ2v) is 3.60. The lowest BCUT2D eigenvalue weighted by molar-refractivity contribution is -0.199. The van der Waals surface area contributed by atoms with E-state index in [1.165, 1.54) is 12.1 Å². The second-order valence-electron chi connectivity index (χ2n) is 3.21. The molecule has 0 bridgehead atoms. The summed E-state index contributed by atoms with van der Waals surface area (Å²) in [4.78, 5) is 11.3. The minimum atomic E-state index is -4.17. The molecule has 0 heterocycles. The summed E-state index contributed by atoms with van der Waals surface area (Å²) in [6, 6.07) is 4.83. The van der Waals surface area contributed by atoms with Crippen molar-refractivity contribution in [3.05, 3.63) is 29.8 Å². The van der Waals surface area contributed by atoms with Crippen molar-refractivity contribution in [3.63, 3.8) is 0 Å². The summed E-state index contributed by atoms with van der Waals surface area (Å²) in [7, 11) is 0. The van der Waals surface area contributed by atoms with E-state index in [9.17, 15) is 18.0 Å². The number of halogens is 4. The second kappa shape index (κ2) is 5.95. The summed E-state index contributed by atoms with van der Waals surface area (Å²) in [5.41, 5.74) is -2.96. The molecule has 1 aromatic carbocycles. The van der Waals surface area contributed by atoms with Gasteiger partial charge in [0.15, 0.2) is 0 Å². The van der Waals surface area contributed by atoms with E-state index in [1.807, 2.05) is 0 Å². The Hall–Kier alpha value is -1.43. The van der Waals surface area contributed by atoms with Crippen LogP contribution >= 0.6 is 11.6 Å². The quantitative estimate of drug-likeness (QED) is 0.613. The molecule has 0 aliphatic heterocycles. The van der Waals surface area contributed by atoms with Crippen molar-refractivity contribution in [2.24, 2.45) is 0 Å². The Kier molecular flexibility index (Phi) is 4.84. The monoisotopic (exact) mass is 282 g/mol. The van der Waals surface area contributed by atoms with E-state index in [0.29, 0.717) is 0 Å². The van der Waals surface area contributed by atoms with Crippen LogP contribution in [0.25, 0.3) is 0 Å². The summed E-state index contributed by atoms with van der Waals surface area (Å²) in [6.45, 7) is 1.75. The molecule has 0 aliphatic rings. The predicted molar refractivity (Wildman–Crippen MR) is 58.7 cm³/mol. The molecule has 0 aromatic heterocycles. The largest absolute Gasteiger partial charge is 0.462 e. The first-order valence-corrected chi connectivity index (χ1v) is 5.42. The first-order chi connectivity index (χ1) is 8.36.